The summed E-state index contributed by atoms with van der Waals surface area (Å²) in [5.74, 6) is -1.31. The quantitative estimate of drug-likeness (QED) is 0.848. The number of rotatable bonds is 5. The van der Waals surface area contributed by atoms with Gasteiger partial charge in [-0.2, -0.15) is 0 Å². The average Bonchev–Trinajstić information content (AvgIpc) is 2.79. The summed E-state index contributed by atoms with van der Waals surface area (Å²) in [4.78, 5) is 26.8. The molecule has 6 nitrogen and oxygen atoms in total. The van der Waals surface area contributed by atoms with Gasteiger partial charge in [0.25, 0.3) is 11.7 Å². The Kier molecular flexibility index (Phi) is 3.97. The maximum absolute atomic E-state index is 13.0. The fourth-order valence-electron chi connectivity index (χ4n) is 1.79. The lowest BCUT2D eigenvalue weighted by Crippen LogP contribution is -2.30. The zero-order chi connectivity index (χ0) is 14.7. The highest BCUT2D eigenvalue weighted by Crippen LogP contribution is 2.19. The molecule has 1 atom stereocenters. The summed E-state index contributed by atoms with van der Waals surface area (Å²) in [5.41, 5.74) is 5.43. The van der Waals surface area contributed by atoms with Crippen molar-refractivity contribution in [3.8, 4) is 0 Å². The Balaban J connectivity index is 2.30. The van der Waals surface area contributed by atoms with Gasteiger partial charge in [0.1, 0.15) is 11.3 Å². The standard InChI is InChI=1S/C13H13FN2O4/c1-2-3-10(20-13(15)18)11(17)12-16-8-6-7(14)4-5-9(8)19-12/h4-6,10H,2-3H2,1H3,(H2,15,18). The van der Waals surface area contributed by atoms with Gasteiger partial charge in [0.05, 0.1) is 0 Å². The van der Waals surface area contributed by atoms with Crippen molar-refractivity contribution in [3.05, 3.63) is 29.9 Å². The lowest BCUT2D eigenvalue weighted by molar-refractivity contribution is 0.0603. The molecule has 1 amide bonds. The number of hydrogen-bond donors (Lipinski definition) is 1. The Morgan fingerprint density at radius 3 is 2.90 bits per heavy atom. The van der Waals surface area contributed by atoms with E-state index in [9.17, 15) is 14.0 Å². The molecule has 2 rings (SSSR count). The maximum atomic E-state index is 13.0. The van der Waals surface area contributed by atoms with Crippen LogP contribution < -0.4 is 5.73 Å². The minimum Gasteiger partial charge on any atom is -0.438 e. The van der Waals surface area contributed by atoms with Crippen molar-refractivity contribution < 1.29 is 23.1 Å². The number of nitrogens with two attached hydrogens (primary N) is 1. The number of carbonyl (C=O) groups excluding carboxylic acids is 2. The lowest BCUT2D eigenvalue weighted by Gasteiger charge is -2.12. The van der Waals surface area contributed by atoms with Crippen LogP contribution in [0.3, 0.4) is 0 Å². The summed E-state index contributed by atoms with van der Waals surface area (Å²) >= 11 is 0. The first-order chi connectivity index (χ1) is 9.51. The van der Waals surface area contributed by atoms with E-state index in [1.54, 1.807) is 0 Å². The molecule has 0 saturated carbocycles. The normalized spacial score (nSPS) is 12.3. The van der Waals surface area contributed by atoms with Crippen LogP contribution in [-0.2, 0) is 4.74 Å². The summed E-state index contributed by atoms with van der Waals surface area (Å²) < 4.78 is 23.0. The van der Waals surface area contributed by atoms with E-state index in [1.807, 2.05) is 6.92 Å². The lowest BCUT2D eigenvalue weighted by atomic mass is 10.1. The van der Waals surface area contributed by atoms with Gasteiger partial charge in [0, 0.05) is 6.07 Å². The Labute approximate surface area is 113 Å². The van der Waals surface area contributed by atoms with Crippen LogP contribution in [0.15, 0.2) is 22.6 Å². The first-order valence-corrected chi connectivity index (χ1v) is 6.07. The number of primary amides is 1. The van der Waals surface area contributed by atoms with Crippen LogP contribution in [-0.4, -0.2) is 23.0 Å². The van der Waals surface area contributed by atoms with Crippen molar-refractivity contribution >= 4 is 23.0 Å². The molecule has 0 fully saturated rings. The van der Waals surface area contributed by atoms with Crippen LogP contribution in [0.5, 0.6) is 0 Å². The number of fused-ring (bicyclic) bond motifs is 1. The van der Waals surface area contributed by atoms with E-state index in [-0.39, 0.29) is 17.0 Å². The number of nitrogens with zero attached hydrogens (tertiary/aromatic N) is 1. The van der Waals surface area contributed by atoms with E-state index in [1.165, 1.54) is 12.1 Å². The van der Waals surface area contributed by atoms with Crippen molar-refractivity contribution in [2.75, 3.05) is 0 Å². The molecule has 7 heteroatoms. The van der Waals surface area contributed by atoms with Crippen molar-refractivity contribution in [2.24, 2.45) is 5.73 Å². The number of Topliss-reactive ketones (excluding diaryl/α,β-unsaturated/α-hetero) is 1. The van der Waals surface area contributed by atoms with Crippen molar-refractivity contribution in [2.45, 2.75) is 25.9 Å². The number of benzene rings is 1. The number of aromatic nitrogens is 1. The Morgan fingerprint density at radius 1 is 1.50 bits per heavy atom. The van der Waals surface area contributed by atoms with Gasteiger partial charge in [-0.15, -0.1) is 0 Å². The van der Waals surface area contributed by atoms with Crippen LogP contribution in [0, 0.1) is 5.82 Å². The largest absolute Gasteiger partial charge is 0.438 e. The highest BCUT2D eigenvalue weighted by atomic mass is 19.1. The topological polar surface area (TPSA) is 95.4 Å². The molecule has 1 unspecified atom stereocenters. The van der Waals surface area contributed by atoms with Gasteiger partial charge in [-0.3, -0.25) is 4.79 Å². The molecule has 1 heterocycles. The SMILES string of the molecule is CCCC(OC(N)=O)C(=O)c1nc2cc(F)ccc2o1. The van der Waals surface area contributed by atoms with Crippen molar-refractivity contribution in [3.63, 3.8) is 0 Å². The smallest absolute Gasteiger partial charge is 0.405 e. The Bertz CT molecular complexity index is 653. The second kappa shape index (κ2) is 5.68. The summed E-state index contributed by atoms with van der Waals surface area (Å²) in [7, 11) is 0. The Hall–Kier alpha value is -2.44. The molecular weight excluding hydrogens is 267 g/mol. The molecule has 2 aromatic rings. The number of halogens is 1. The molecule has 0 aliphatic heterocycles. The van der Waals surface area contributed by atoms with Gasteiger partial charge in [-0.1, -0.05) is 13.3 Å². The first-order valence-electron chi connectivity index (χ1n) is 6.07. The minimum absolute atomic E-state index is 0.225. The van der Waals surface area contributed by atoms with Gasteiger partial charge in [0.2, 0.25) is 0 Å². The summed E-state index contributed by atoms with van der Waals surface area (Å²) in [6, 6.07) is 3.73. The third kappa shape index (κ3) is 2.93. The van der Waals surface area contributed by atoms with Crippen molar-refractivity contribution in [1.29, 1.82) is 0 Å². The Morgan fingerprint density at radius 2 is 2.25 bits per heavy atom. The molecule has 0 saturated heterocycles. The van der Waals surface area contributed by atoms with Crippen LogP contribution in [0.25, 0.3) is 11.1 Å². The molecule has 20 heavy (non-hydrogen) atoms. The molecule has 1 aromatic carbocycles. The maximum Gasteiger partial charge on any atom is 0.405 e. The summed E-state index contributed by atoms with van der Waals surface area (Å²) in [6.07, 6.45) is -1.18. The van der Waals surface area contributed by atoms with Gasteiger partial charge in [-0.25, -0.2) is 14.2 Å². The zero-order valence-corrected chi connectivity index (χ0v) is 10.8. The predicted octanol–water partition coefficient (Wildman–Crippen LogP) is 2.41. The highest BCUT2D eigenvalue weighted by molar-refractivity contribution is 5.98. The molecule has 106 valence electrons. The summed E-state index contributed by atoms with van der Waals surface area (Å²) in [6.45, 7) is 1.83. The van der Waals surface area contributed by atoms with Crippen LogP contribution >= 0.6 is 0 Å². The second-order valence-electron chi connectivity index (χ2n) is 4.21. The summed E-state index contributed by atoms with van der Waals surface area (Å²) in [5, 5.41) is 0. The number of hydrogen-bond acceptors (Lipinski definition) is 5. The van der Waals surface area contributed by atoms with Crippen LogP contribution in [0.2, 0.25) is 0 Å². The molecule has 0 spiro atoms. The second-order valence-corrected chi connectivity index (χ2v) is 4.21. The van der Waals surface area contributed by atoms with E-state index in [0.29, 0.717) is 12.8 Å². The van der Waals surface area contributed by atoms with Crippen LogP contribution in [0.4, 0.5) is 9.18 Å². The molecule has 2 N–H and O–H groups in total. The number of ketones is 1. The van der Waals surface area contributed by atoms with E-state index in [4.69, 9.17) is 14.9 Å². The number of oxazole rings is 1. The third-order valence-corrected chi connectivity index (χ3v) is 2.66. The van der Waals surface area contributed by atoms with Gasteiger partial charge < -0.3 is 14.9 Å². The van der Waals surface area contributed by atoms with E-state index in [0.717, 1.165) is 6.07 Å². The number of carbonyl (C=O) groups is 2. The van der Waals surface area contributed by atoms with Gasteiger partial charge >= 0.3 is 6.09 Å². The van der Waals surface area contributed by atoms with E-state index < -0.39 is 23.8 Å². The third-order valence-electron chi connectivity index (χ3n) is 2.66. The molecule has 0 aliphatic rings. The fraction of sp³-hybridized carbons (Fsp3) is 0.308. The van der Waals surface area contributed by atoms with Gasteiger partial charge in [-0.05, 0) is 18.6 Å². The first kappa shape index (κ1) is 14.0. The molecule has 0 radical (unpaired) electrons. The molecule has 0 aliphatic carbocycles. The van der Waals surface area contributed by atoms with Crippen LogP contribution in [0.1, 0.15) is 30.5 Å². The molecule has 1 aromatic heterocycles. The molecule has 0 bridgehead atoms. The minimum atomic E-state index is -1.05. The number of amides is 1. The van der Waals surface area contributed by atoms with E-state index >= 15 is 0 Å². The van der Waals surface area contributed by atoms with E-state index in [2.05, 4.69) is 4.98 Å². The number of ether oxygens (including phenoxy) is 1. The van der Waals surface area contributed by atoms with Gasteiger partial charge in [0.15, 0.2) is 11.7 Å². The zero-order valence-electron chi connectivity index (χ0n) is 10.8. The fourth-order valence-corrected chi connectivity index (χ4v) is 1.79. The van der Waals surface area contributed by atoms with Crippen molar-refractivity contribution in [1.82, 2.24) is 4.98 Å². The predicted molar refractivity (Wildman–Crippen MR) is 67.7 cm³/mol. The molecular formula is C13H13FN2O4. The monoisotopic (exact) mass is 280 g/mol. The average molecular weight is 280 g/mol. The highest BCUT2D eigenvalue weighted by Gasteiger charge is 2.27.